The molecular weight excluding hydrogens is 250 g/mol. The average Bonchev–Trinajstić information content (AvgIpc) is 3.08. The quantitative estimate of drug-likeness (QED) is 0.700. The summed E-state index contributed by atoms with van der Waals surface area (Å²) in [4.78, 5) is 8.63. The molecule has 5 heteroatoms. The van der Waals surface area contributed by atoms with E-state index in [1.807, 2.05) is 44.0 Å². The number of anilines is 1. The molecule has 0 aliphatic rings. The van der Waals surface area contributed by atoms with Gasteiger partial charge in [0.05, 0.1) is 17.4 Å². The maximum absolute atomic E-state index is 4.60. The van der Waals surface area contributed by atoms with E-state index in [9.17, 15) is 0 Å². The van der Waals surface area contributed by atoms with Crippen LogP contribution in [-0.4, -0.2) is 25.6 Å². The van der Waals surface area contributed by atoms with Gasteiger partial charge in [-0.3, -0.25) is 0 Å². The second-order valence-corrected chi connectivity index (χ2v) is 4.92. The van der Waals surface area contributed by atoms with Gasteiger partial charge in [-0.1, -0.05) is 12.1 Å². The van der Waals surface area contributed by atoms with Crippen LogP contribution in [0.25, 0.3) is 11.0 Å². The molecule has 0 aliphatic carbocycles. The number of rotatable bonds is 6. The number of hydrogen-bond donors (Lipinski definition) is 1. The minimum Gasteiger partial charge on any atom is -0.356 e. The highest BCUT2D eigenvalue weighted by molar-refractivity contribution is 5.78. The number of fused-ring (bicyclic) bond motifs is 1. The van der Waals surface area contributed by atoms with Crippen molar-refractivity contribution in [2.75, 3.05) is 11.9 Å². The number of para-hydroxylation sites is 2. The van der Waals surface area contributed by atoms with Crippen molar-refractivity contribution >= 4 is 17.0 Å². The summed E-state index contributed by atoms with van der Waals surface area (Å²) in [7, 11) is 2.04. The van der Waals surface area contributed by atoms with E-state index in [1.54, 1.807) is 0 Å². The van der Waals surface area contributed by atoms with Gasteiger partial charge in [-0.05, 0) is 25.0 Å². The van der Waals surface area contributed by atoms with E-state index >= 15 is 0 Å². The Labute approximate surface area is 118 Å². The van der Waals surface area contributed by atoms with Crippen molar-refractivity contribution < 1.29 is 0 Å². The van der Waals surface area contributed by atoms with Crippen LogP contribution in [0.4, 0.5) is 5.95 Å². The second-order valence-electron chi connectivity index (χ2n) is 4.92. The first-order chi connectivity index (χ1) is 9.84. The molecule has 1 aromatic carbocycles. The third-order valence-electron chi connectivity index (χ3n) is 3.47. The molecular formula is C15H19N5. The van der Waals surface area contributed by atoms with Crippen LogP contribution in [0.1, 0.15) is 12.8 Å². The molecule has 0 bridgehead atoms. The Balaban J connectivity index is 1.51. The predicted octanol–water partition coefficient (Wildman–Crippen LogP) is 2.66. The molecule has 2 aromatic heterocycles. The van der Waals surface area contributed by atoms with Crippen molar-refractivity contribution in [2.24, 2.45) is 7.05 Å². The molecule has 0 radical (unpaired) electrons. The van der Waals surface area contributed by atoms with Gasteiger partial charge in [-0.25, -0.2) is 9.97 Å². The van der Waals surface area contributed by atoms with Crippen molar-refractivity contribution in [3.05, 3.63) is 43.0 Å². The Morgan fingerprint density at radius 2 is 2.10 bits per heavy atom. The van der Waals surface area contributed by atoms with E-state index in [2.05, 4.69) is 30.5 Å². The molecule has 0 saturated carbocycles. The number of benzene rings is 1. The molecule has 0 saturated heterocycles. The third kappa shape index (κ3) is 2.66. The van der Waals surface area contributed by atoms with Gasteiger partial charge in [-0.2, -0.15) is 0 Å². The normalized spacial score (nSPS) is 11.1. The van der Waals surface area contributed by atoms with Crippen LogP contribution in [0.15, 0.2) is 43.0 Å². The molecule has 0 unspecified atom stereocenters. The Kier molecular flexibility index (Phi) is 3.67. The van der Waals surface area contributed by atoms with E-state index in [-0.39, 0.29) is 0 Å². The van der Waals surface area contributed by atoms with Crippen molar-refractivity contribution in [1.29, 1.82) is 0 Å². The van der Waals surface area contributed by atoms with Crippen LogP contribution in [0, 0.1) is 0 Å². The highest BCUT2D eigenvalue weighted by Gasteiger charge is 2.05. The van der Waals surface area contributed by atoms with Gasteiger partial charge in [0.2, 0.25) is 5.95 Å². The van der Waals surface area contributed by atoms with Gasteiger partial charge in [0.25, 0.3) is 0 Å². The van der Waals surface area contributed by atoms with Crippen molar-refractivity contribution in [3.63, 3.8) is 0 Å². The lowest BCUT2D eigenvalue weighted by atomic mass is 10.3. The van der Waals surface area contributed by atoms with Gasteiger partial charge >= 0.3 is 0 Å². The van der Waals surface area contributed by atoms with Crippen molar-refractivity contribution in [1.82, 2.24) is 19.1 Å². The van der Waals surface area contributed by atoms with Crippen LogP contribution in [0.5, 0.6) is 0 Å². The smallest absolute Gasteiger partial charge is 0.203 e. The molecule has 3 aromatic rings. The van der Waals surface area contributed by atoms with Gasteiger partial charge in [0.1, 0.15) is 0 Å². The average molecular weight is 269 g/mol. The number of nitrogens with one attached hydrogen (secondary N) is 1. The van der Waals surface area contributed by atoms with Gasteiger partial charge < -0.3 is 14.5 Å². The van der Waals surface area contributed by atoms with Crippen molar-refractivity contribution in [2.45, 2.75) is 19.4 Å². The Morgan fingerprint density at radius 3 is 2.90 bits per heavy atom. The van der Waals surface area contributed by atoms with E-state index in [0.29, 0.717) is 0 Å². The summed E-state index contributed by atoms with van der Waals surface area (Å²) >= 11 is 0. The van der Waals surface area contributed by atoms with Crippen LogP contribution in [-0.2, 0) is 13.6 Å². The molecule has 1 N–H and O–H groups in total. The maximum atomic E-state index is 4.60. The van der Waals surface area contributed by atoms with Gasteiger partial charge in [-0.15, -0.1) is 0 Å². The fourth-order valence-corrected chi connectivity index (χ4v) is 2.34. The summed E-state index contributed by atoms with van der Waals surface area (Å²) in [5.74, 6) is 0.939. The number of aromatic nitrogens is 4. The number of imidazole rings is 2. The fourth-order valence-electron chi connectivity index (χ4n) is 2.34. The number of hydrogen-bond acceptors (Lipinski definition) is 3. The highest BCUT2D eigenvalue weighted by atomic mass is 15.2. The van der Waals surface area contributed by atoms with Gasteiger partial charge in [0, 0.05) is 32.5 Å². The third-order valence-corrected chi connectivity index (χ3v) is 3.47. The molecule has 3 rings (SSSR count). The molecule has 20 heavy (non-hydrogen) atoms. The second kappa shape index (κ2) is 5.77. The number of unbranched alkanes of at least 4 members (excludes halogenated alkanes) is 1. The minimum absolute atomic E-state index is 0.936. The lowest BCUT2D eigenvalue weighted by Crippen LogP contribution is -2.07. The minimum atomic E-state index is 0.936. The molecule has 2 heterocycles. The Bertz CT molecular complexity index is 669. The molecule has 5 nitrogen and oxygen atoms in total. The molecule has 0 spiro atoms. The number of aryl methyl sites for hydroxylation is 2. The lowest BCUT2D eigenvalue weighted by Gasteiger charge is -2.06. The standard InChI is InChI=1S/C15H19N5/c1-19-14-7-3-2-6-13(14)18-15(19)17-8-4-5-10-20-11-9-16-12-20/h2-3,6-7,9,11-12H,4-5,8,10H2,1H3,(H,17,18). The highest BCUT2D eigenvalue weighted by Crippen LogP contribution is 2.17. The summed E-state index contributed by atoms with van der Waals surface area (Å²) in [6, 6.07) is 8.19. The molecule has 104 valence electrons. The molecule has 0 fully saturated rings. The lowest BCUT2D eigenvalue weighted by molar-refractivity contribution is 0.619. The first-order valence-electron chi connectivity index (χ1n) is 6.95. The topological polar surface area (TPSA) is 47.7 Å². The zero-order valence-electron chi connectivity index (χ0n) is 11.7. The fraction of sp³-hybridized carbons (Fsp3) is 0.333. The largest absolute Gasteiger partial charge is 0.356 e. The summed E-state index contributed by atoms with van der Waals surface area (Å²) in [6.07, 6.45) is 7.92. The predicted molar refractivity (Wildman–Crippen MR) is 80.7 cm³/mol. The van der Waals surface area contributed by atoms with E-state index < -0.39 is 0 Å². The SMILES string of the molecule is Cn1c(NCCCCn2ccnc2)nc2ccccc21. The Morgan fingerprint density at radius 1 is 1.20 bits per heavy atom. The van der Waals surface area contributed by atoms with Gasteiger partial charge in [0.15, 0.2) is 0 Å². The van der Waals surface area contributed by atoms with Crippen LogP contribution >= 0.6 is 0 Å². The van der Waals surface area contributed by atoms with Crippen molar-refractivity contribution in [3.8, 4) is 0 Å². The first kappa shape index (κ1) is 12.7. The Hall–Kier alpha value is -2.30. The summed E-state index contributed by atoms with van der Waals surface area (Å²) in [5, 5.41) is 3.41. The summed E-state index contributed by atoms with van der Waals surface area (Å²) in [5.41, 5.74) is 2.20. The zero-order chi connectivity index (χ0) is 13.8. The number of nitrogens with zero attached hydrogens (tertiary/aromatic N) is 4. The molecule has 0 amide bonds. The van der Waals surface area contributed by atoms with E-state index in [1.165, 1.54) is 0 Å². The van der Waals surface area contributed by atoms with Crippen LogP contribution < -0.4 is 5.32 Å². The molecule has 0 aliphatic heterocycles. The molecule has 0 atom stereocenters. The van der Waals surface area contributed by atoms with Crippen LogP contribution in [0.2, 0.25) is 0 Å². The summed E-state index contributed by atoms with van der Waals surface area (Å²) < 4.78 is 4.21. The van der Waals surface area contributed by atoms with E-state index in [0.717, 1.165) is 42.9 Å². The van der Waals surface area contributed by atoms with E-state index in [4.69, 9.17) is 0 Å². The maximum Gasteiger partial charge on any atom is 0.203 e. The zero-order valence-corrected chi connectivity index (χ0v) is 11.7. The monoisotopic (exact) mass is 269 g/mol. The van der Waals surface area contributed by atoms with Crippen LogP contribution in [0.3, 0.4) is 0 Å². The summed E-state index contributed by atoms with van der Waals surface area (Å²) in [6.45, 7) is 1.95. The first-order valence-corrected chi connectivity index (χ1v) is 6.95.